The monoisotopic (exact) mass is 264 g/mol. The number of nitrogens with two attached hydrogens (primary N) is 1. The van der Waals surface area contributed by atoms with E-state index in [1.807, 2.05) is 12.1 Å². The smallest absolute Gasteiger partial charge is 0.120 e. The zero-order valence-electron chi connectivity index (χ0n) is 11.7. The van der Waals surface area contributed by atoms with Gasteiger partial charge in [0, 0.05) is 24.9 Å². The molecule has 19 heavy (non-hydrogen) atoms. The van der Waals surface area contributed by atoms with Crippen molar-refractivity contribution in [2.24, 2.45) is 5.73 Å². The van der Waals surface area contributed by atoms with E-state index in [0.29, 0.717) is 12.6 Å². The molecule has 4 heteroatoms. The summed E-state index contributed by atoms with van der Waals surface area (Å²) in [5.41, 5.74) is 6.86. The molecule has 1 aromatic rings. The van der Waals surface area contributed by atoms with E-state index in [-0.39, 0.29) is 0 Å². The zero-order chi connectivity index (χ0) is 13.5. The third-order valence-corrected chi connectivity index (χ3v) is 3.57. The van der Waals surface area contributed by atoms with Crippen LogP contribution in [0, 0.1) is 0 Å². The maximum Gasteiger partial charge on any atom is 0.120 e. The number of ether oxygens (including phenoxy) is 2. The second-order valence-corrected chi connectivity index (χ2v) is 4.91. The second-order valence-electron chi connectivity index (χ2n) is 4.91. The van der Waals surface area contributed by atoms with Gasteiger partial charge < -0.3 is 20.1 Å². The molecule has 1 fully saturated rings. The van der Waals surface area contributed by atoms with Gasteiger partial charge in [-0.15, -0.1) is 0 Å². The first-order valence-electron chi connectivity index (χ1n) is 7.03. The molecule has 0 spiro atoms. The third kappa shape index (κ3) is 3.85. The lowest BCUT2D eigenvalue weighted by Crippen LogP contribution is -2.42. The van der Waals surface area contributed by atoms with Gasteiger partial charge in [0.15, 0.2) is 0 Å². The van der Waals surface area contributed by atoms with Crippen molar-refractivity contribution in [2.45, 2.75) is 25.3 Å². The van der Waals surface area contributed by atoms with Crippen LogP contribution in [0.3, 0.4) is 0 Å². The van der Waals surface area contributed by atoms with E-state index in [9.17, 15) is 0 Å². The lowest BCUT2D eigenvalue weighted by atomic mass is 10.1. The molecular formula is C15H24N2O2. The summed E-state index contributed by atoms with van der Waals surface area (Å²) in [7, 11) is 1.70. The second kappa shape index (κ2) is 7.36. The van der Waals surface area contributed by atoms with Gasteiger partial charge in [-0.2, -0.15) is 0 Å². The van der Waals surface area contributed by atoms with Crippen molar-refractivity contribution in [3.63, 3.8) is 0 Å². The Morgan fingerprint density at radius 1 is 1.47 bits per heavy atom. The third-order valence-electron chi connectivity index (χ3n) is 3.57. The minimum absolute atomic E-state index is 0.451. The fraction of sp³-hybridized carbons (Fsp3) is 0.600. The topological polar surface area (TPSA) is 47.7 Å². The maximum absolute atomic E-state index is 5.66. The highest BCUT2D eigenvalue weighted by atomic mass is 16.5. The molecule has 1 atom stereocenters. The van der Waals surface area contributed by atoms with Crippen molar-refractivity contribution in [3.8, 4) is 5.75 Å². The molecule has 106 valence electrons. The molecule has 1 aliphatic rings. The standard InChI is InChI=1S/C15H24N2O2/c1-18-15-7-2-5-13(11-15)17(9-4-8-16)14-6-3-10-19-12-14/h2,5,7,11,14H,3-4,6,8-10,12,16H2,1H3. The highest BCUT2D eigenvalue weighted by Gasteiger charge is 2.21. The van der Waals surface area contributed by atoms with Gasteiger partial charge in [0.1, 0.15) is 5.75 Å². The molecule has 0 bridgehead atoms. The molecule has 0 radical (unpaired) electrons. The molecule has 0 amide bonds. The van der Waals surface area contributed by atoms with E-state index in [2.05, 4.69) is 17.0 Å². The summed E-state index contributed by atoms with van der Waals surface area (Å²) in [6, 6.07) is 8.68. The van der Waals surface area contributed by atoms with Crippen LogP contribution in [-0.4, -0.2) is 39.5 Å². The van der Waals surface area contributed by atoms with Crippen molar-refractivity contribution in [1.82, 2.24) is 0 Å². The van der Waals surface area contributed by atoms with Gasteiger partial charge in [-0.1, -0.05) is 6.07 Å². The number of hydrogen-bond donors (Lipinski definition) is 1. The van der Waals surface area contributed by atoms with Crippen molar-refractivity contribution < 1.29 is 9.47 Å². The Kier molecular flexibility index (Phi) is 5.48. The van der Waals surface area contributed by atoms with Crippen LogP contribution in [0.2, 0.25) is 0 Å². The van der Waals surface area contributed by atoms with Crippen LogP contribution < -0.4 is 15.4 Å². The first-order valence-corrected chi connectivity index (χ1v) is 7.03. The van der Waals surface area contributed by atoms with Crippen LogP contribution in [-0.2, 0) is 4.74 Å². The molecule has 1 aromatic carbocycles. The number of hydrogen-bond acceptors (Lipinski definition) is 4. The normalized spacial score (nSPS) is 19.2. The Balaban J connectivity index is 2.14. The summed E-state index contributed by atoms with van der Waals surface area (Å²) in [4.78, 5) is 2.41. The molecule has 4 nitrogen and oxygen atoms in total. The zero-order valence-corrected chi connectivity index (χ0v) is 11.7. The van der Waals surface area contributed by atoms with E-state index in [1.165, 1.54) is 12.1 Å². The Bertz CT molecular complexity index is 378. The van der Waals surface area contributed by atoms with E-state index < -0.39 is 0 Å². The highest BCUT2D eigenvalue weighted by molar-refractivity contribution is 5.51. The average Bonchev–Trinajstić information content (AvgIpc) is 2.49. The fourth-order valence-electron chi connectivity index (χ4n) is 2.54. The highest BCUT2D eigenvalue weighted by Crippen LogP contribution is 2.25. The predicted molar refractivity (Wildman–Crippen MR) is 77.9 cm³/mol. The Hall–Kier alpha value is -1.26. The summed E-state index contributed by atoms with van der Waals surface area (Å²) in [6.07, 6.45) is 3.31. The van der Waals surface area contributed by atoms with Crippen molar-refractivity contribution in [3.05, 3.63) is 24.3 Å². The predicted octanol–water partition coefficient (Wildman–Crippen LogP) is 2.03. The molecule has 2 rings (SSSR count). The van der Waals surface area contributed by atoms with Gasteiger partial charge in [0.25, 0.3) is 0 Å². The van der Waals surface area contributed by atoms with E-state index in [4.69, 9.17) is 15.2 Å². The van der Waals surface area contributed by atoms with Crippen molar-refractivity contribution in [1.29, 1.82) is 0 Å². The summed E-state index contributed by atoms with van der Waals surface area (Å²) in [5.74, 6) is 0.895. The molecule has 1 saturated heterocycles. The minimum atomic E-state index is 0.451. The van der Waals surface area contributed by atoms with Crippen molar-refractivity contribution in [2.75, 3.05) is 38.3 Å². The van der Waals surface area contributed by atoms with E-state index >= 15 is 0 Å². The number of nitrogens with zero attached hydrogens (tertiary/aromatic N) is 1. The lowest BCUT2D eigenvalue weighted by molar-refractivity contribution is 0.0791. The van der Waals surface area contributed by atoms with Crippen LogP contribution in [0.25, 0.3) is 0 Å². The molecule has 0 aromatic heterocycles. The number of methoxy groups -OCH3 is 1. The number of benzene rings is 1. The molecule has 1 unspecified atom stereocenters. The van der Waals surface area contributed by atoms with Crippen LogP contribution in [0.15, 0.2) is 24.3 Å². The molecule has 0 saturated carbocycles. The van der Waals surface area contributed by atoms with Crippen LogP contribution in [0.1, 0.15) is 19.3 Å². The minimum Gasteiger partial charge on any atom is -0.497 e. The molecule has 1 aliphatic heterocycles. The molecular weight excluding hydrogens is 240 g/mol. The summed E-state index contributed by atoms with van der Waals surface area (Å²) in [5, 5.41) is 0. The van der Waals surface area contributed by atoms with Gasteiger partial charge in [0.05, 0.1) is 19.8 Å². The van der Waals surface area contributed by atoms with Crippen LogP contribution in [0.4, 0.5) is 5.69 Å². The Morgan fingerprint density at radius 3 is 3.05 bits per heavy atom. The summed E-state index contributed by atoms with van der Waals surface area (Å²) < 4.78 is 10.9. The summed E-state index contributed by atoms with van der Waals surface area (Å²) >= 11 is 0. The van der Waals surface area contributed by atoms with Gasteiger partial charge in [0.2, 0.25) is 0 Å². The van der Waals surface area contributed by atoms with Crippen LogP contribution in [0.5, 0.6) is 5.75 Å². The van der Waals surface area contributed by atoms with Gasteiger partial charge in [-0.05, 0) is 37.9 Å². The molecule has 0 aliphatic carbocycles. The van der Waals surface area contributed by atoms with E-state index in [1.54, 1.807) is 7.11 Å². The average molecular weight is 264 g/mol. The largest absolute Gasteiger partial charge is 0.497 e. The Labute approximate surface area is 115 Å². The fourth-order valence-corrected chi connectivity index (χ4v) is 2.54. The summed E-state index contributed by atoms with van der Waals surface area (Å²) in [6.45, 7) is 3.38. The Morgan fingerprint density at radius 2 is 2.37 bits per heavy atom. The van der Waals surface area contributed by atoms with Gasteiger partial charge >= 0.3 is 0 Å². The first-order chi connectivity index (χ1) is 9.35. The number of anilines is 1. The van der Waals surface area contributed by atoms with Gasteiger partial charge in [-0.25, -0.2) is 0 Å². The maximum atomic E-state index is 5.66. The number of rotatable bonds is 6. The van der Waals surface area contributed by atoms with E-state index in [0.717, 1.165) is 38.3 Å². The van der Waals surface area contributed by atoms with Crippen molar-refractivity contribution >= 4 is 5.69 Å². The molecule has 2 N–H and O–H groups in total. The van der Waals surface area contributed by atoms with Crippen LogP contribution >= 0.6 is 0 Å². The molecule has 1 heterocycles. The van der Waals surface area contributed by atoms with Gasteiger partial charge in [-0.3, -0.25) is 0 Å². The lowest BCUT2D eigenvalue weighted by Gasteiger charge is -2.36. The quantitative estimate of drug-likeness (QED) is 0.854. The SMILES string of the molecule is COc1cccc(N(CCCN)C2CCCOC2)c1. The first kappa shape index (κ1) is 14.2.